The summed E-state index contributed by atoms with van der Waals surface area (Å²) in [7, 11) is 0. The Labute approximate surface area is 128 Å². The van der Waals surface area contributed by atoms with Gasteiger partial charge in [-0.1, -0.05) is 18.2 Å². The van der Waals surface area contributed by atoms with Gasteiger partial charge < -0.3 is 15.1 Å². The number of para-hydroxylation sites is 1. The number of furan rings is 1. The van der Waals surface area contributed by atoms with Crippen LogP contribution in [-0.4, -0.2) is 17.9 Å². The molecule has 22 heavy (non-hydrogen) atoms. The molecule has 5 nitrogen and oxygen atoms in total. The van der Waals surface area contributed by atoms with Crippen molar-refractivity contribution in [2.45, 2.75) is 31.7 Å². The first kappa shape index (κ1) is 14.4. The summed E-state index contributed by atoms with van der Waals surface area (Å²) in [6.07, 6.45) is 2.42. The van der Waals surface area contributed by atoms with Gasteiger partial charge in [0, 0.05) is 24.6 Å². The molecule has 2 atom stereocenters. The van der Waals surface area contributed by atoms with Crippen molar-refractivity contribution in [2.24, 2.45) is 0 Å². The molecule has 1 aromatic heterocycles. The van der Waals surface area contributed by atoms with Crippen molar-refractivity contribution in [3.05, 3.63) is 54.0 Å². The van der Waals surface area contributed by atoms with Crippen molar-refractivity contribution in [1.29, 1.82) is 0 Å². The summed E-state index contributed by atoms with van der Waals surface area (Å²) in [5.74, 6) is 0.137. The largest absolute Gasteiger partial charge is 0.469 e. The SMILES string of the molecule is CC(Cc1ccco1)NC(=O)C1CC(=O)Nc2ccccc21. The van der Waals surface area contributed by atoms with Gasteiger partial charge >= 0.3 is 0 Å². The Morgan fingerprint density at radius 3 is 2.95 bits per heavy atom. The van der Waals surface area contributed by atoms with E-state index < -0.39 is 5.92 Å². The molecule has 5 heteroatoms. The van der Waals surface area contributed by atoms with E-state index >= 15 is 0 Å². The zero-order valence-corrected chi connectivity index (χ0v) is 12.3. The van der Waals surface area contributed by atoms with Crippen molar-refractivity contribution in [1.82, 2.24) is 5.32 Å². The van der Waals surface area contributed by atoms with Crippen molar-refractivity contribution in [3.8, 4) is 0 Å². The van der Waals surface area contributed by atoms with Crippen molar-refractivity contribution in [2.75, 3.05) is 5.32 Å². The number of amides is 2. The predicted molar refractivity (Wildman–Crippen MR) is 82.4 cm³/mol. The Bertz CT molecular complexity index is 679. The number of fused-ring (bicyclic) bond motifs is 1. The van der Waals surface area contributed by atoms with Crippen molar-refractivity contribution >= 4 is 17.5 Å². The Balaban J connectivity index is 1.71. The van der Waals surface area contributed by atoms with E-state index in [2.05, 4.69) is 10.6 Å². The lowest BCUT2D eigenvalue weighted by Gasteiger charge is -2.26. The second kappa shape index (κ2) is 6.05. The summed E-state index contributed by atoms with van der Waals surface area (Å²) in [6, 6.07) is 11.1. The highest BCUT2D eigenvalue weighted by molar-refractivity contribution is 6.01. The quantitative estimate of drug-likeness (QED) is 0.910. The van der Waals surface area contributed by atoms with Crippen LogP contribution in [-0.2, 0) is 16.0 Å². The highest BCUT2D eigenvalue weighted by Crippen LogP contribution is 2.32. The molecule has 114 valence electrons. The first-order valence-electron chi connectivity index (χ1n) is 7.35. The molecule has 2 aromatic rings. The molecule has 0 bridgehead atoms. The van der Waals surface area contributed by atoms with Crippen LogP contribution in [0.15, 0.2) is 47.1 Å². The molecule has 1 aliphatic heterocycles. The third kappa shape index (κ3) is 3.03. The van der Waals surface area contributed by atoms with Gasteiger partial charge in [0.15, 0.2) is 0 Å². The first-order chi connectivity index (χ1) is 10.6. The molecule has 0 saturated carbocycles. The van der Waals surface area contributed by atoms with E-state index in [0.29, 0.717) is 6.42 Å². The van der Waals surface area contributed by atoms with E-state index in [-0.39, 0.29) is 24.3 Å². The number of carbonyl (C=O) groups excluding carboxylic acids is 2. The topological polar surface area (TPSA) is 71.3 Å². The van der Waals surface area contributed by atoms with E-state index in [1.54, 1.807) is 6.26 Å². The maximum Gasteiger partial charge on any atom is 0.228 e. The molecule has 0 radical (unpaired) electrons. The van der Waals surface area contributed by atoms with E-state index in [9.17, 15) is 9.59 Å². The molecule has 2 amide bonds. The lowest BCUT2D eigenvalue weighted by atomic mass is 9.89. The molecule has 1 aliphatic rings. The zero-order chi connectivity index (χ0) is 15.5. The summed E-state index contributed by atoms with van der Waals surface area (Å²) in [5, 5.41) is 5.77. The van der Waals surface area contributed by atoms with Gasteiger partial charge in [-0.25, -0.2) is 0 Å². The molecule has 0 saturated heterocycles. The van der Waals surface area contributed by atoms with Gasteiger partial charge in [0.05, 0.1) is 12.2 Å². The van der Waals surface area contributed by atoms with Crippen molar-refractivity contribution in [3.63, 3.8) is 0 Å². The van der Waals surface area contributed by atoms with Crippen LogP contribution in [0.25, 0.3) is 0 Å². The maximum absolute atomic E-state index is 12.5. The normalized spacial score (nSPS) is 18.2. The van der Waals surface area contributed by atoms with Gasteiger partial charge in [-0.3, -0.25) is 9.59 Å². The average molecular weight is 298 g/mol. The highest BCUT2D eigenvalue weighted by Gasteiger charge is 2.30. The van der Waals surface area contributed by atoms with E-state index in [0.717, 1.165) is 17.0 Å². The lowest BCUT2D eigenvalue weighted by molar-refractivity contribution is -0.126. The number of carbonyl (C=O) groups is 2. The van der Waals surface area contributed by atoms with Gasteiger partial charge in [0.1, 0.15) is 5.76 Å². The molecular formula is C17H18N2O3. The van der Waals surface area contributed by atoms with Crippen LogP contribution in [0.3, 0.4) is 0 Å². The molecule has 2 N–H and O–H groups in total. The van der Waals surface area contributed by atoms with Crippen LogP contribution in [0.4, 0.5) is 5.69 Å². The number of hydrogen-bond acceptors (Lipinski definition) is 3. The standard InChI is InChI=1S/C17H18N2O3/c1-11(9-12-5-4-8-22-12)18-17(21)14-10-16(20)19-15-7-3-2-6-13(14)15/h2-8,11,14H,9-10H2,1H3,(H,18,21)(H,19,20). The fourth-order valence-electron chi connectivity index (χ4n) is 2.77. The van der Waals surface area contributed by atoms with Crippen LogP contribution in [0.5, 0.6) is 0 Å². The molecule has 1 aromatic carbocycles. The Kier molecular flexibility index (Phi) is 3.96. The van der Waals surface area contributed by atoms with Crippen LogP contribution in [0, 0.1) is 0 Å². The number of hydrogen-bond donors (Lipinski definition) is 2. The number of benzene rings is 1. The molecule has 0 aliphatic carbocycles. The van der Waals surface area contributed by atoms with Crippen LogP contribution in [0.1, 0.15) is 30.6 Å². The van der Waals surface area contributed by atoms with Crippen LogP contribution >= 0.6 is 0 Å². The smallest absolute Gasteiger partial charge is 0.228 e. The van der Waals surface area contributed by atoms with Crippen LogP contribution < -0.4 is 10.6 Å². The minimum absolute atomic E-state index is 0.0594. The fraction of sp³-hybridized carbons (Fsp3) is 0.294. The van der Waals surface area contributed by atoms with Gasteiger partial charge in [-0.05, 0) is 30.7 Å². The van der Waals surface area contributed by atoms with Gasteiger partial charge in [-0.2, -0.15) is 0 Å². The number of rotatable bonds is 4. The minimum Gasteiger partial charge on any atom is -0.469 e. The summed E-state index contributed by atoms with van der Waals surface area (Å²) in [6.45, 7) is 1.93. The molecule has 3 rings (SSSR count). The van der Waals surface area contributed by atoms with Crippen LogP contribution in [0.2, 0.25) is 0 Å². The molecular weight excluding hydrogens is 280 g/mol. The summed E-state index contributed by atoms with van der Waals surface area (Å²) < 4.78 is 5.29. The Morgan fingerprint density at radius 1 is 1.36 bits per heavy atom. The van der Waals surface area contributed by atoms with Gasteiger partial charge in [0.2, 0.25) is 11.8 Å². The van der Waals surface area contributed by atoms with Gasteiger partial charge in [-0.15, -0.1) is 0 Å². The van der Waals surface area contributed by atoms with E-state index in [1.807, 2.05) is 43.3 Å². The fourth-order valence-corrected chi connectivity index (χ4v) is 2.77. The lowest BCUT2D eigenvalue weighted by Crippen LogP contribution is -2.40. The molecule has 2 heterocycles. The van der Waals surface area contributed by atoms with E-state index in [4.69, 9.17) is 4.42 Å². The highest BCUT2D eigenvalue weighted by atomic mass is 16.3. The van der Waals surface area contributed by atoms with Crippen molar-refractivity contribution < 1.29 is 14.0 Å². The summed E-state index contributed by atoms with van der Waals surface area (Å²) in [4.78, 5) is 24.3. The second-order valence-corrected chi connectivity index (χ2v) is 5.59. The van der Waals surface area contributed by atoms with E-state index in [1.165, 1.54) is 0 Å². The molecule has 0 fully saturated rings. The third-order valence-electron chi connectivity index (χ3n) is 3.79. The minimum atomic E-state index is -0.441. The molecule has 0 spiro atoms. The first-order valence-corrected chi connectivity index (χ1v) is 7.35. The monoisotopic (exact) mass is 298 g/mol. The van der Waals surface area contributed by atoms with Gasteiger partial charge in [0.25, 0.3) is 0 Å². The predicted octanol–water partition coefficient (Wildman–Crippen LogP) is 2.45. The Hall–Kier alpha value is -2.56. The number of nitrogens with one attached hydrogen (secondary N) is 2. The Morgan fingerprint density at radius 2 is 2.18 bits per heavy atom. The maximum atomic E-state index is 12.5. The summed E-state index contributed by atoms with van der Waals surface area (Å²) >= 11 is 0. The zero-order valence-electron chi connectivity index (χ0n) is 12.3. The third-order valence-corrected chi connectivity index (χ3v) is 3.79. The second-order valence-electron chi connectivity index (χ2n) is 5.59. The molecule has 2 unspecified atom stereocenters. The summed E-state index contributed by atoms with van der Waals surface area (Å²) in [5.41, 5.74) is 1.59. The average Bonchev–Trinajstić information content (AvgIpc) is 2.98. The number of anilines is 1.